The van der Waals surface area contributed by atoms with Crippen molar-refractivity contribution in [1.29, 1.82) is 0 Å². The Kier molecular flexibility index (Phi) is 5.22. The molecule has 1 aromatic rings. The number of carbonyl (C=O) groups is 2. The van der Waals surface area contributed by atoms with E-state index in [2.05, 4.69) is 29.5 Å². The van der Waals surface area contributed by atoms with Crippen molar-refractivity contribution in [2.75, 3.05) is 25.0 Å². The van der Waals surface area contributed by atoms with Gasteiger partial charge in [0.05, 0.1) is 11.1 Å². The molecular weight excluding hydrogens is 380 g/mol. The highest BCUT2D eigenvalue weighted by molar-refractivity contribution is 6.30. The van der Waals surface area contributed by atoms with Crippen LogP contribution in [-0.4, -0.2) is 53.7 Å². The summed E-state index contributed by atoms with van der Waals surface area (Å²) in [6.45, 7) is 6.26. The number of anilines is 1. The number of aromatic nitrogens is 1. The molecule has 152 valence electrons. The van der Waals surface area contributed by atoms with E-state index in [0.717, 1.165) is 13.0 Å². The van der Waals surface area contributed by atoms with Gasteiger partial charge < -0.3 is 20.3 Å². The number of rotatable bonds is 3. The second-order valence-electron chi connectivity index (χ2n) is 8.60. The van der Waals surface area contributed by atoms with Crippen LogP contribution in [0.5, 0.6) is 0 Å². The molecule has 1 aliphatic carbocycles. The lowest BCUT2D eigenvalue weighted by molar-refractivity contribution is -0.121. The summed E-state index contributed by atoms with van der Waals surface area (Å²) in [4.78, 5) is 31.1. The topological polar surface area (TPSA) is 83.6 Å². The monoisotopic (exact) mass is 406 g/mol. The number of urea groups is 1. The van der Waals surface area contributed by atoms with Gasteiger partial charge in [-0.2, -0.15) is 0 Å². The fraction of sp³-hybridized carbons (Fsp3) is 0.650. The smallest absolute Gasteiger partial charge is 0.317 e. The predicted molar refractivity (Wildman–Crippen MR) is 106 cm³/mol. The van der Waals surface area contributed by atoms with Gasteiger partial charge in [-0.15, -0.1) is 0 Å². The number of halogens is 1. The molecule has 2 aliphatic heterocycles. The molecule has 0 radical (unpaired) electrons. The van der Waals surface area contributed by atoms with Crippen molar-refractivity contribution in [1.82, 2.24) is 15.2 Å². The molecule has 3 aliphatic rings. The van der Waals surface area contributed by atoms with Crippen molar-refractivity contribution in [2.24, 2.45) is 17.3 Å². The number of nitrogens with zero attached hydrogens (tertiary/aromatic N) is 2. The van der Waals surface area contributed by atoms with Gasteiger partial charge in [-0.25, -0.2) is 9.78 Å². The van der Waals surface area contributed by atoms with Crippen molar-refractivity contribution >= 4 is 29.4 Å². The van der Waals surface area contributed by atoms with Crippen LogP contribution in [-0.2, 0) is 9.53 Å². The maximum atomic E-state index is 12.7. The first-order valence-corrected chi connectivity index (χ1v) is 10.3. The number of hydrogen-bond acceptors (Lipinski definition) is 4. The average molecular weight is 407 g/mol. The van der Waals surface area contributed by atoms with Crippen LogP contribution < -0.4 is 10.6 Å². The van der Waals surface area contributed by atoms with Gasteiger partial charge in [-0.3, -0.25) is 4.79 Å². The average Bonchev–Trinajstić information content (AvgIpc) is 3.15. The third-order valence-electron chi connectivity index (χ3n) is 6.51. The normalized spacial score (nSPS) is 29.0. The van der Waals surface area contributed by atoms with Crippen LogP contribution in [0, 0.1) is 17.3 Å². The van der Waals surface area contributed by atoms with E-state index in [1.54, 1.807) is 12.1 Å². The molecule has 0 unspecified atom stereocenters. The van der Waals surface area contributed by atoms with Gasteiger partial charge in [0.25, 0.3) is 0 Å². The molecule has 3 fully saturated rings. The fourth-order valence-electron chi connectivity index (χ4n) is 4.86. The molecule has 2 saturated heterocycles. The van der Waals surface area contributed by atoms with E-state index in [-0.39, 0.29) is 35.4 Å². The van der Waals surface area contributed by atoms with Crippen LogP contribution in [0.2, 0.25) is 5.02 Å². The number of carbonyl (C=O) groups excluding carboxylic acids is 2. The standard InChI is InChI=1S/C20H27ClN4O3/c1-20(2)16(14-7-10-28-17(14)20)24-19(27)25-8-5-12(6-9-25)18(26)23-15-4-3-13(21)11-22-15/h3-4,11-12,14,16-17H,5-10H2,1-2H3,(H,24,27)(H,22,23,26)/t14-,16+,17+/m0/s1. The largest absolute Gasteiger partial charge is 0.377 e. The number of pyridine rings is 1. The summed E-state index contributed by atoms with van der Waals surface area (Å²) in [6.07, 6.45) is 4.08. The van der Waals surface area contributed by atoms with Crippen LogP contribution >= 0.6 is 11.6 Å². The minimum Gasteiger partial charge on any atom is -0.377 e. The van der Waals surface area contributed by atoms with E-state index in [1.165, 1.54) is 6.20 Å². The van der Waals surface area contributed by atoms with E-state index in [9.17, 15) is 9.59 Å². The van der Waals surface area contributed by atoms with Crippen molar-refractivity contribution in [3.05, 3.63) is 23.4 Å². The summed E-state index contributed by atoms with van der Waals surface area (Å²) in [7, 11) is 0. The lowest BCUT2D eigenvalue weighted by Gasteiger charge is -2.54. The Morgan fingerprint density at radius 1 is 1.25 bits per heavy atom. The lowest BCUT2D eigenvalue weighted by Crippen LogP contribution is -2.68. The van der Waals surface area contributed by atoms with Gasteiger partial charge in [0.15, 0.2) is 0 Å². The first-order chi connectivity index (χ1) is 13.4. The van der Waals surface area contributed by atoms with Crippen LogP contribution in [0.1, 0.15) is 33.1 Å². The molecule has 3 atom stereocenters. The van der Waals surface area contributed by atoms with Gasteiger partial charge in [0.2, 0.25) is 5.91 Å². The van der Waals surface area contributed by atoms with Gasteiger partial charge in [-0.1, -0.05) is 25.4 Å². The highest BCUT2D eigenvalue weighted by atomic mass is 35.5. The summed E-state index contributed by atoms with van der Waals surface area (Å²) in [5, 5.41) is 6.58. The van der Waals surface area contributed by atoms with E-state index in [4.69, 9.17) is 16.3 Å². The van der Waals surface area contributed by atoms with Crippen molar-refractivity contribution in [2.45, 2.75) is 45.3 Å². The van der Waals surface area contributed by atoms with E-state index >= 15 is 0 Å². The Labute approximate surface area is 170 Å². The Balaban J connectivity index is 1.26. The summed E-state index contributed by atoms with van der Waals surface area (Å²) < 4.78 is 5.80. The number of fused-ring (bicyclic) bond motifs is 1. The molecule has 0 bridgehead atoms. The Morgan fingerprint density at radius 2 is 2.00 bits per heavy atom. The molecule has 28 heavy (non-hydrogen) atoms. The van der Waals surface area contributed by atoms with Crippen LogP contribution in [0.15, 0.2) is 18.3 Å². The predicted octanol–water partition coefficient (Wildman–Crippen LogP) is 2.91. The van der Waals surface area contributed by atoms with Crippen molar-refractivity contribution in [3.8, 4) is 0 Å². The summed E-state index contributed by atoms with van der Waals surface area (Å²) in [6, 6.07) is 3.51. The molecule has 3 amide bonds. The molecule has 1 aromatic heterocycles. The number of piperidine rings is 1. The second kappa shape index (κ2) is 7.52. The summed E-state index contributed by atoms with van der Waals surface area (Å²) >= 11 is 5.81. The number of amides is 3. The summed E-state index contributed by atoms with van der Waals surface area (Å²) in [5.74, 6) is 0.750. The van der Waals surface area contributed by atoms with E-state index in [1.807, 2.05) is 4.90 Å². The maximum Gasteiger partial charge on any atom is 0.317 e. The molecule has 4 rings (SSSR count). The number of nitrogens with one attached hydrogen (secondary N) is 2. The van der Waals surface area contributed by atoms with Gasteiger partial charge >= 0.3 is 6.03 Å². The third kappa shape index (κ3) is 3.57. The molecular formula is C20H27ClN4O3. The first kappa shape index (κ1) is 19.5. The maximum absolute atomic E-state index is 12.7. The fourth-order valence-corrected chi connectivity index (χ4v) is 4.98. The summed E-state index contributed by atoms with van der Waals surface area (Å²) in [5.41, 5.74) is -0.0272. The zero-order valence-electron chi connectivity index (χ0n) is 16.3. The zero-order chi connectivity index (χ0) is 19.9. The SMILES string of the molecule is CC1(C)[C@H](NC(=O)N2CCC(C(=O)Nc3ccc(Cl)cn3)CC2)[C@@H]2CCO[C@H]21. The van der Waals surface area contributed by atoms with Crippen LogP contribution in [0.4, 0.5) is 10.6 Å². The quantitative estimate of drug-likeness (QED) is 0.808. The molecule has 1 saturated carbocycles. The van der Waals surface area contributed by atoms with Gasteiger partial charge in [-0.05, 0) is 31.4 Å². The van der Waals surface area contributed by atoms with Crippen LogP contribution in [0.3, 0.4) is 0 Å². The molecule has 2 N–H and O–H groups in total. The zero-order valence-corrected chi connectivity index (χ0v) is 17.0. The molecule has 0 spiro atoms. The third-order valence-corrected chi connectivity index (χ3v) is 6.73. The molecule has 3 heterocycles. The van der Waals surface area contributed by atoms with E-state index in [0.29, 0.717) is 42.7 Å². The van der Waals surface area contributed by atoms with Gasteiger partial charge in [0.1, 0.15) is 5.82 Å². The Bertz CT molecular complexity index is 746. The second-order valence-corrected chi connectivity index (χ2v) is 9.04. The van der Waals surface area contributed by atoms with Crippen LogP contribution in [0.25, 0.3) is 0 Å². The highest BCUT2D eigenvalue weighted by Gasteiger charge is 2.60. The van der Waals surface area contributed by atoms with Crippen molar-refractivity contribution < 1.29 is 14.3 Å². The number of ether oxygens (including phenoxy) is 1. The number of hydrogen-bond donors (Lipinski definition) is 2. The number of likely N-dealkylation sites (tertiary alicyclic amines) is 1. The minimum atomic E-state index is -0.116. The Morgan fingerprint density at radius 3 is 2.68 bits per heavy atom. The van der Waals surface area contributed by atoms with E-state index < -0.39 is 0 Å². The molecule has 8 heteroatoms. The van der Waals surface area contributed by atoms with Crippen molar-refractivity contribution in [3.63, 3.8) is 0 Å². The highest BCUT2D eigenvalue weighted by Crippen LogP contribution is 2.52. The minimum absolute atomic E-state index is 0.0262. The Hall–Kier alpha value is -1.86. The molecule has 0 aromatic carbocycles. The van der Waals surface area contributed by atoms with Gasteiger partial charge in [0, 0.05) is 49.2 Å². The first-order valence-electron chi connectivity index (χ1n) is 9.95. The molecule has 7 nitrogen and oxygen atoms in total. The lowest BCUT2D eigenvalue weighted by atomic mass is 9.57.